The largest absolute Gasteiger partial charge is 0.490 e. The molecular formula is C26H33F3N4O9. The highest BCUT2D eigenvalue weighted by Crippen LogP contribution is 2.25. The number of piperazine rings is 1. The van der Waals surface area contributed by atoms with Gasteiger partial charge in [-0.1, -0.05) is 12.1 Å². The fourth-order valence-electron chi connectivity index (χ4n) is 4.51. The Labute approximate surface area is 239 Å². The highest BCUT2D eigenvalue weighted by Gasteiger charge is 2.41. The fourth-order valence-corrected chi connectivity index (χ4v) is 4.51. The number of carbonyl (C=O) groups excluding carboxylic acids is 4. The van der Waals surface area contributed by atoms with Crippen molar-refractivity contribution in [3.05, 3.63) is 35.4 Å². The Morgan fingerprint density at radius 1 is 1.07 bits per heavy atom. The third-order valence-corrected chi connectivity index (χ3v) is 6.72. The van der Waals surface area contributed by atoms with Gasteiger partial charge in [0, 0.05) is 18.7 Å². The molecule has 42 heavy (non-hydrogen) atoms. The Morgan fingerprint density at radius 3 is 2.14 bits per heavy atom. The summed E-state index contributed by atoms with van der Waals surface area (Å²) in [5, 5.41) is 22.2. The van der Waals surface area contributed by atoms with Gasteiger partial charge in [0.25, 0.3) is 5.91 Å². The third-order valence-electron chi connectivity index (χ3n) is 6.72. The number of ether oxygens (including phenoxy) is 1. The summed E-state index contributed by atoms with van der Waals surface area (Å²) in [4.78, 5) is 72.9. The second-order valence-corrected chi connectivity index (χ2v) is 9.63. The van der Waals surface area contributed by atoms with Crippen LogP contribution >= 0.6 is 0 Å². The Morgan fingerprint density at radius 2 is 1.64 bits per heavy atom. The van der Waals surface area contributed by atoms with Crippen LogP contribution in [0.4, 0.5) is 13.2 Å². The van der Waals surface area contributed by atoms with Crippen LogP contribution in [-0.4, -0.2) is 114 Å². The summed E-state index contributed by atoms with van der Waals surface area (Å²) < 4.78 is 36.4. The maximum Gasteiger partial charge on any atom is 0.490 e. The number of piperidine rings is 1. The first-order valence-electron chi connectivity index (χ1n) is 12.9. The molecule has 0 spiro atoms. The van der Waals surface area contributed by atoms with Crippen LogP contribution in [0.5, 0.6) is 0 Å². The van der Waals surface area contributed by atoms with E-state index in [9.17, 15) is 37.1 Å². The van der Waals surface area contributed by atoms with Crippen molar-refractivity contribution in [3.63, 3.8) is 0 Å². The van der Waals surface area contributed by atoms with E-state index in [-0.39, 0.29) is 13.1 Å². The number of hydrogen-bond acceptors (Lipinski definition) is 8. The number of carboxylic acids is 2. The second kappa shape index (κ2) is 15.1. The molecule has 2 heterocycles. The monoisotopic (exact) mass is 602 g/mol. The maximum absolute atomic E-state index is 13.1. The topological polar surface area (TPSA) is 183 Å². The molecule has 2 aliphatic heterocycles. The molecule has 0 unspecified atom stereocenters. The van der Waals surface area contributed by atoms with E-state index in [0.29, 0.717) is 11.5 Å². The summed E-state index contributed by atoms with van der Waals surface area (Å²) in [7, 11) is 1.16. The molecule has 2 aliphatic rings. The van der Waals surface area contributed by atoms with Gasteiger partial charge in [-0.15, -0.1) is 0 Å². The van der Waals surface area contributed by atoms with Crippen LogP contribution in [0.3, 0.4) is 0 Å². The lowest BCUT2D eigenvalue weighted by molar-refractivity contribution is -0.192. The summed E-state index contributed by atoms with van der Waals surface area (Å²) in [5.41, 5.74) is 1.59. The molecule has 1 aromatic rings. The lowest BCUT2D eigenvalue weighted by Gasteiger charge is -2.40. The number of carbonyl (C=O) groups is 6. The average molecular weight is 603 g/mol. The molecular weight excluding hydrogens is 569 g/mol. The number of benzene rings is 1. The van der Waals surface area contributed by atoms with Gasteiger partial charge in [-0.05, 0) is 56.5 Å². The van der Waals surface area contributed by atoms with Gasteiger partial charge in [0.2, 0.25) is 11.8 Å². The number of nitrogens with one attached hydrogen (secondary N) is 2. The first kappa shape index (κ1) is 34.0. The zero-order valence-electron chi connectivity index (χ0n) is 23.0. The zero-order valence-corrected chi connectivity index (χ0v) is 23.0. The molecule has 232 valence electrons. The van der Waals surface area contributed by atoms with E-state index in [2.05, 4.69) is 15.4 Å². The van der Waals surface area contributed by atoms with Crippen molar-refractivity contribution in [2.24, 2.45) is 0 Å². The average Bonchev–Trinajstić information content (AvgIpc) is 2.94. The lowest BCUT2D eigenvalue weighted by Crippen LogP contribution is -2.62. The van der Waals surface area contributed by atoms with Crippen molar-refractivity contribution in [1.82, 2.24) is 20.4 Å². The molecule has 0 aliphatic carbocycles. The summed E-state index contributed by atoms with van der Waals surface area (Å²) in [6, 6.07) is 5.17. The number of methoxy groups -OCH3 is 1. The molecule has 16 heteroatoms. The van der Waals surface area contributed by atoms with Crippen molar-refractivity contribution in [3.8, 4) is 0 Å². The molecule has 3 rings (SSSR count). The van der Waals surface area contributed by atoms with E-state index in [1.54, 1.807) is 12.1 Å². The van der Waals surface area contributed by atoms with Gasteiger partial charge in [0.15, 0.2) is 0 Å². The van der Waals surface area contributed by atoms with Gasteiger partial charge < -0.3 is 35.4 Å². The molecule has 2 fully saturated rings. The number of hydrogen-bond donors (Lipinski definition) is 4. The Balaban J connectivity index is 0.000000782. The number of esters is 1. The third kappa shape index (κ3) is 9.71. The molecule has 2 atom stereocenters. The molecule has 0 aromatic heterocycles. The van der Waals surface area contributed by atoms with Crippen molar-refractivity contribution in [2.75, 3.05) is 39.8 Å². The molecule has 0 radical (unpaired) electrons. The van der Waals surface area contributed by atoms with Crippen LogP contribution < -0.4 is 10.6 Å². The minimum atomic E-state index is -5.08. The van der Waals surface area contributed by atoms with Crippen LogP contribution in [0.2, 0.25) is 0 Å². The number of aliphatic carboxylic acids is 2. The minimum absolute atomic E-state index is 0.00730. The molecule has 1 aromatic carbocycles. The quantitative estimate of drug-likeness (QED) is 0.307. The summed E-state index contributed by atoms with van der Waals surface area (Å²) in [6.07, 6.45) is -3.40. The lowest BCUT2D eigenvalue weighted by atomic mass is 9.90. The summed E-state index contributed by atoms with van der Waals surface area (Å²) >= 11 is 0. The van der Waals surface area contributed by atoms with E-state index in [1.807, 2.05) is 12.1 Å². The fraction of sp³-hybridized carbons (Fsp3) is 0.538. The maximum atomic E-state index is 13.1. The summed E-state index contributed by atoms with van der Waals surface area (Å²) in [6.45, 7) is 2.95. The van der Waals surface area contributed by atoms with E-state index in [0.717, 1.165) is 37.9 Å². The Hall–Kier alpha value is -4.21. The predicted molar refractivity (Wildman–Crippen MR) is 138 cm³/mol. The van der Waals surface area contributed by atoms with Gasteiger partial charge in [-0.3, -0.25) is 24.0 Å². The zero-order chi connectivity index (χ0) is 31.6. The molecule has 0 bridgehead atoms. The molecule has 13 nitrogen and oxygen atoms in total. The number of alkyl halides is 3. The van der Waals surface area contributed by atoms with Crippen LogP contribution in [0.1, 0.15) is 48.0 Å². The normalized spacial score (nSPS) is 18.3. The van der Waals surface area contributed by atoms with Gasteiger partial charge in [0.05, 0.1) is 13.5 Å². The standard InChI is InChI=1S/C24H32N4O7.C2HF3O2/c1-15(26-22(32)18-5-3-16(4-6-18)17-7-9-25-10-8-17)23(33)28-12-11-27(14-20(29)30)24(34)19(28)13-21(31)35-2;3-2(4,5)1(6)7/h3-6,15,17,19,25H,7-14H2,1-2H3,(H,26,32)(H,29,30);(H,6,7)/t15-,19-;/m0./s1. The van der Waals surface area contributed by atoms with Crippen molar-refractivity contribution >= 4 is 35.6 Å². The Kier molecular flexibility index (Phi) is 12.3. The van der Waals surface area contributed by atoms with E-state index < -0.39 is 66.9 Å². The van der Waals surface area contributed by atoms with Crippen LogP contribution in [0, 0.1) is 0 Å². The number of amides is 3. The molecule has 2 saturated heterocycles. The molecule has 0 saturated carbocycles. The van der Waals surface area contributed by atoms with E-state index in [4.69, 9.17) is 15.0 Å². The molecule has 3 amide bonds. The Bertz CT molecular complexity index is 1150. The van der Waals surface area contributed by atoms with Crippen LogP contribution in [-0.2, 0) is 28.7 Å². The highest BCUT2D eigenvalue weighted by molar-refractivity contribution is 5.99. The highest BCUT2D eigenvalue weighted by atomic mass is 19.4. The van der Waals surface area contributed by atoms with Crippen LogP contribution in [0.15, 0.2) is 24.3 Å². The number of halogens is 3. The number of nitrogens with zero attached hydrogens (tertiary/aromatic N) is 2. The second-order valence-electron chi connectivity index (χ2n) is 9.63. The smallest absolute Gasteiger partial charge is 0.480 e. The van der Waals surface area contributed by atoms with E-state index in [1.165, 1.54) is 17.4 Å². The van der Waals surface area contributed by atoms with Crippen molar-refractivity contribution < 1.29 is 56.9 Å². The van der Waals surface area contributed by atoms with Gasteiger partial charge in [0.1, 0.15) is 18.6 Å². The van der Waals surface area contributed by atoms with Crippen molar-refractivity contribution in [2.45, 2.75) is 50.4 Å². The van der Waals surface area contributed by atoms with Crippen molar-refractivity contribution in [1.29, 1.82) is 0 Å². The molecule has 4 N–H and O–H groups in total. The summed E-state index contributed by atoms with van der Waals surface area (Å²) in [5.74, 6) is -5.81. The van der Waals surface area contributed by atoms with Crippen LogP contribution in [0.25, 0.3) is 0 Å². The predicted octanol–water partition coefficient (Wildman–Crippen LogP) is 0.592. The minimum Gasteiger partial charge on any atom is -0.480 e. The first-order valence-corrected chi connectivity index (χ1v) is 12.9. The van der Waals surface area contributed by atoms with Gasteiger partial charge in [-0.2, -0.15) is 13.2 Å². The van der Waals surface area contributed by atoms with Gasteiger partial charge >= 0.3 is 24.1 Å². The SMILES string of the molecule is COC(=O)C[C@H]1C(=O)N(CC(=O)O)CCN1C(=O)[C@H](C)NC(=O)c1ccc(C2CCNCC2)cc1.O=C(O)C(F)(F)F. The van der Waals surface area contributed by atoms with Gasteiger partial charge in [-0.25, -0.2) is 4.79 Å². The first-order chi connectivity index (χ1) is 19.6. The number of rotatable bonds is 8. The number of carboxylic acid groups (broad SMARTS) is 2. The van der Waals surface area contributed by atoms with E-state index >= 15 is 0 Å².